The van der Waals surface area contributed by atoms with E-state index in [4.69, 9.17) is 9.26 Å². The van der Waals surface area contributed by atoms with Gasteiger partial charge >= 0.3 is 0 Å². The first-order valence-corrected chi connectivity index (χ1v) is 6.48. The minimum absolute atomic E-state index is 0.166. The highest BCUT2D eigenvalue weighted by molar-refractivity contribution is 5.45. The molecular formula is C14H19N3O3. The molecule has 0 spiro atoms. The standard InChI is InChI=1S/C14H19N3O3/c1-9(2)13(19-3)14-16-12(20-17-14)8-15-10-4-6-11(18)7-5-10/h4-7,9,13,15,18H,8H2,1-3H3. The van der Waals surface area contributed by atoms with Gasteiger partial charge in [-0.25, -0.2) is 0 Å². The second-order valence-electron chi connectivity index (χ2n) is 4.85. The quantitative estimate of drug-likeness (QED) is 0.790. The number of benzene rings is 1. The summed E-state index contributed by atoms with van der Waals surface area (Å²) in [6, 6.07) is 6.78. The molecule has 1 aromatic carbocycles. The molecule has 0 amide bonds. The Bertz CT molecular complexity index is 537. The third-order valence-electron chi connectivity index (χ3n) is 2.91. The van der Waals surface area contributed by atoms with Crippen LogP contribution in [0.1, 0.15) is 31.7 Å². The maximum absolute atomic E-state index is 9.20. The van der Waals surface area contributed by atoms with Crippen LogP contribution >= 0.6 is 0 Å². The fourth-order valence-corrected chi connectivity index (χ4v) is 1.89. The Balaban J connectivity index is 1.97. The van der Waals surface area contributed by atoms with E-state index in [-0.39, 0.29) is 17.8 Å². The molecule has 0 saturated carbocycles. The lowest BCUT2D eigenvalue weighted by atomic mass is 10.1. The summed E-state index contributed by atoms with van der Waals surface area (Å²) in [5.74, 6) is 1.56. The lowest BCUT2D eigenvalue weighted by Gasteiger charge is -2.14. The number of phenolic OH excluding ortho intramolecular Hbond substituents is 1. The van der Waals surface area contributed by atoms with E-state index < -0.39 is 0 Å². The molecule has 0 aliphatic heterocycles. The van der Waals surface area contributed by atoms with Crippen LogP contribution in [0.4, 0.5) is 5.69 Å². The topological polar surface area (TPSA) is 80.4 Å². The van der Waals surface area contributed by atoms with Gasteiger partial charge in [-0.05, 0) is 30.2 Å². The predicted molar refractivity (Wildman–Crippen MR) is 74.3 cm³/mol. The SMILES string of the molecule is COC(c1noc(CNc2ccc(O)cc2)n1)C(C)C. The number of methoxy groups -OCH3 is 1. The molecule has 0 aliphatic rings. The monoisotopic (exact) mass is 277 g/mol. The molecule has 6 nitrogen and oxygen atoms in total. The Morgan fingerprint density at radius 2 is 2.00 bits per heavy atom. The van der Waals surface area contributed by atoms with Crippen molar-refractivity contribution in [3.05, 3.63) is 36.0 Å². The zero-order valence-corrected chi connectivity index (χ0v) is 11.8. The zero-order chi connectivity index (χ0) is 14.5. The van der Waals surface area contributed by atoms with Crippen LogP contribution in [-0.4, -0.2) is 22.4 Å². The van der Waals surface area contributed by atoms with Gasteiger partial charge in [-0.2, -0.15) is 4.98 Å². The highest BCUT2D eigenvalue weighted by Crippen LogP contribution is 2.22. The fourth-order valence-electron chi connectivity index (χ4n) is 1.89. The molecule has 108 valence electrons. The highest BCUT2D eigenvalue weighted by atomic mass is 16.5. The van der Waals surface area contributed by atoms with Gasteiger partial charge in [0, 0.05) is 12.8 Å². The summed E-state index contributed by atoms with van der Waals surface area (Å²) in [4.78, 5) is 4.32. The molecule has 20 heavy (non-hydrogen) atoms. The van der Waals surface area contributed by atoms with E-state index in [9.17, 15) is 5.11 Å². The average Bonchev–Trinajstić information content (AvgIpc) is 2.87. The van der Waals surface area contributed by atoms with Gasteiger partial charge in [-0.1, -0.05) is 19.0 Å². The number of anilines is 1. The number of ether oxygens (including phenoxy) is 1. The first kappa shape index (κ1) is 14.3. The lowest BCUT2D eigenvalue weighted by Crippen LogP contribution is -2.11. The van der Waals surface area contributed by atoms with Crippen molar-refractivity contribution in [3.63, 3.8) is 0 Å². The molecule has 0 aliphatic carbocycles. The molecule has 1 unspecified atom stereocenters. The molecule has 1 atom stereocenters. The van der Waals surface area contributed by atoms with Crippen LogP contribution in [0, 0.1) is 5.92 Å². The minimum Gasteiger partial charge on any atom is -0.508 e. The van der Waals surface area contributed by atoms with Crippen LogP contribution < -0.4 is 5.32 Å². The number of phenols is 1. The van der Waals surface area contributed by atoms with Gasteiger partial charge in [-0.15, -0.1) is 0 Å². The molecule has 0 bridgehead atoms. The second kappa shape index (κ2) is 6.38. The van der Waals surface area contributed by atoms with Gasteiger partial charge < -0.3 is 19.7 Å². The normalized spacial score (nSPS) is 12.6. The molecule has 2 rings (SSSR count). The van der Waals surface area contributed by atoms with E-state index in [0.717, 1.165) is 5.69 Å². The van der Waals surface area contributed by atoms with Gasteiger partial charge in [0.25, 0.3) is 0 Å². The Kier molecular flexibility index (Phi) is 4.57. The third kappa shape index (κ3) is 3.48. The number of nitrogens with zero attached hydrogens (tertiary/aromatic N) is 2. The van der Waals surface area contributed by atoms with Crippen molar-refractivity contribution < 1.29 is 14.4 Å². The van der Waals surface area contributed by atoms with Crippen LogP contribution in [0.15, 0.2) is 28.8 Å². The molecule has 1 aromatic heterocycles. The van der Waals surface area contributed by atoms with Gasteiger partial charge in [0.15, 0.2) is 0 Å². The molecule has 0 saturated heterocycles. The van der Waals surface area contributed by atoms with Crippen LogP contribution in [0.2, 0.25) is 0 Å². The summed E-state index contributed by atoms with van der Waals surface area (Å²) < 4.78 is 10.5. The molecule has 2 N–H and O–H groups in total. The van der Waals surface area contributed by atoms with Gasteiger partial charge in [0.1, 0.15) is 11.9 Å². The highest BCUT2D eigenvalue weighted by Gasteiger charge is 2.21. The zero-order valence-electron chi connectivity index (χ0n) is 11.8. The second-order valence-corrected chi connectivity index (χ2v) is 4.85. The first-order chi connectivity index (χ1) is 9.60. The van der Waals surface area contributed by atoms with Crippen molar-refractivity contribution in [2.45, 2.75) is 26.5 Å². The smallest absolute Gasteiger partial charge is 0.246 e. The van der Waals surface area contributed by atoms with Crippen LogP contribution in [0.5, 0.6) is 5.75 Å². The van der Waals surface area contributed by atoms with Crippen LogP contribution in [-0.2, 0) is 11.3 Å². The van der Waals surface area contributed by atoms with Crippen LogP contribution in [0.3, 0.4) is 0 Å². The van der Waals surface area contributed by atoms with Gasteiger partial charge in [0.2, 0.25) is 11.7 Å². The van der Waals surface area contributed by atoms with E-state index in [1.165, 1.54) is 0 Å². The number of hydrogen-bond acceptors (Lipinski definition) is 6. The largest absolute Gasteiger partial charge is 0.508 e. The van der Waals surface area contributed by atoms with Crippen molar-refractivity contribution in [3.8, 4) is 5.75 Å². The van der Waals surface area contributed by atoms with E-state index in [1.54, 1.807) is 31.4 Å². The van der Waals surface area contributed by atoms with Gasteiger partial charge in [0.05, 0.1) is 6.54 Å². The summed E-state index contributed by atoms with van der Waals surface area (Å²) in [5.41, 5.74) is 0.870. The maximum atomic E-state index is 9.20. The molecular weight excluding hydrogens is 258 g/mol. The van der Waals surface area contributed by atoms with Crippen molar-refractivity contribution in [2.24, 2.45) is 5.92 Å². The number of aromatic hydroxyl groups is 1. The maximum Gasteiger partial charge on any atom is 0.246 e. The summed E-state index contributed by atoms with van der Waals surface area (Å²) in [6.45, 7) is 4.50. The molecule has 6 heteroatoms. The van der Waals surface area contributed by atoms with E-state index in [1.807, 2.05) is 13.8 Å². The van der Waals surface area contributed by atoms with E-state index in [0.29, 0.717) is 18.3 Å². The fraction of sp³-hybridized carbons (Fsp3) is 0.429. The summed E-state index contributed by atoms with van der Waals surface area (Å²) in [7, 11) is 1.63. The number of aromatic nitrogens is 2. The summed E-state index contributed by atoms with van der Waals surface area (Å²) in [6.07, 6.45) is -0.166. The van der Waals surface area contributed by atoms with E-state index >= 15 is 0 Å². The van der Waals surface area contributed by atoms with Crippen molar-refractivity contribution in [2.75, 3.05) is 12.4 Å². The summed E-state index contributed by atoms with van der Waals surface area (Å²) in [5, 5.41) is 16.3. The van der Waals surface area contributed by atoms with Crippen LogP contribution in [0.25, 0.3) is 0 Å². The number of nitrogens with one attached hydrogen (secondary N) is 1. The molecule has 2 aromatic rings. The third-order valence-corrected chi connectivity index (χ3v) is 2.91. The Morgan fingerprint density at radius 1 is 1.30 bits per heavy atom. The Morgan fingerprint density at radius 3 is 2.60 bits per heavy atom. The predicted octanol–water partition coefficient (Wildman–Crippen LogP) is 2.73. The number of hydrogen-bond donors (Lipinski definition) is 2. The molecule has 0 fully saturated rings. The average molecular weight is 277 g/mol. The van der Waals surface area contributed by atoms with Gasteiger partial charge in [-0.3, -0.25) is 0 Å². The minimum atomic E-state index is -0.166. The molecule has 1 heterocycles. The Labute approximate surface area is 117 Å². The molecule has 0 radical (unpaired) electrons. The summed E-state index contributed by atoms with van der Waals surface area (Å²) >= 11 is 0. The number of rotatable bonds is 6. The van der Waals surface area contributed by atoms with Crippen molar-refractivity contribution in [1.29, 1.82) is 0 Å². The van der Waals surface area contributed by atoms with Crippen molar-refractivity contribution >= 4 is 5.69 Å². The lowest BCUT2D eigenvalue weighted by molar-refractivity contribution is 0.0555. The first-order valence-electron chi connectivity index (χ1n) is 6.48. The Hall–Kier alpha value is -2.08. The van der Waals surface area contributed by atoms with E-state index in [2.05, 4.69) is 15.5 Å². The van der Waals surface area contributed by atoms with Crippen molar-refractivity contribution in [1.82, 2.24) is 10.1 Å².